The first kappa shape index (κ1) is 19.4. The number of aromatic nitrogens is 1. The summed E-state index contributed by atoms with van der Waals surface area (Å²) in [4.78, 5) is 37.8. The van der Waals surface area contributed by atoms with Crippen LogP contribution in [-0.2, 0) is 27.4 Å². The summed E-state index contributed by atoms with van der Waals surface area (Å²) in [7, 11) is 1.66. The van der Waals surface area contributed by atoms with E-state index in [4.69, 9.17) is 9.15 Å². The molecule has 7 nitrogen and oxygen atoms in total. The summed E-state index contributed by atoms with van der Waals surface area (Å²) >= 11 is 0. The molecule has 1 heterocycles. The monoisotopic (exact) mass is 382 g/mol. The quantitative estimate of drug-likeness (QED) is 0.612. The van der Waals surface area contributed by atoms with Gasteiger partial charge in [0.15, 0.2) is 12.2 Å². The number of hydrogen-bond acceptors (Lipinski definition) is 5. The number of carbonyl (C=O) groups is 2. The molecule has 28 heavy (non-hydrogen) atoms. The Kier molecular flexibility index (Phi) is 5.63. The summed E-state index contributed by atoms with van der Waals surface area (Å²) in [6.07, 6.45) is 0. The molecule has 0 radical (unpaired) electrons. The molecule has 1 amide bonds. The van der Waals surface area contributed by atoms with Gasteiger partial charge in [-0.15, -0.1) is 0 Å². The Labute approximate surface area is 162 Å². The lowest BCUT2D eigenvalue weighted by atomic mass is 10.1. The topological polar surface area (TPSA) is 81.8 Å². The first-order valence-corrected chi connectivity index (χ1v) is 8.89. The van der Waals surface area contributed by atoms with E-state index in [1.54, 1.807) is 31.3 Å². The molecule has 3 rings (SSSR count). The maximum Gasteiger partial charge on any atom is 0.420 e. The largest absolute Gasteiger partial charge is 0.454 e. The third-order valence-corrected chi connectivity index (χ3v) is 4.55. The summed E-state index contributed by atoms with van der Waals surface area (Å²) in [5.41, 5.74) is 4.19. The molecule has 0 N–H and O–H groups in total. The van der Waals surface area contributed by atoms with Gasteiger partial charge in [0.05, 0.1) is 5.52 Å². The van der Waals surface area contributed by atoms with E-state index in [0.717, 1.165) is 16.7 Å². The molecule has 0 atom stereocenters. The first-order chi connectivity index (χ1) is 13.3. The van der Waals surface area contributed by atoms with Crippen LogP contribution in [0.5, 0.6) is 0 Å². The number of esters is 1. The van der Waals surface area contributed by atoms with Crippen LogP contribution in [0.15, 0.2) is 51.7 Å². The molecular formula is C21H22N2O5. The predicted octanol–water partition coefficient (Wildman–Crippen LogP) is 2.41. The van der Waals surface area contributed by atoms with Gasteiger partial charge in [0.25, 0.3) is 5.91 Å². The molecule has 0 fully saturated rings. The van der Waals surface area contributed by atoms with Crippen LogP contribution in [0.2, 0.25) is 0 Å². The maximum absolute atomic E-state index is 12.3. The molecule has 7 heteroatoms. The highest BCUT2D eigenvalue weighted by Crippen LogP contribution is 2.13. The number of amides is 1. The zero-order valence-corrected chi connectivity index (χ0v) is 16.1. The van der Waals surface area contributed by atoms with E-state index in [0.29, 0.717) is 17.6 Å². The Balaban J connectivity index is 1.57. The number of ether oxygens (including phenoxy) is 1. The minimum Gasteiger partial charge on any atom is -0.454 e. The molecule has 0 bridgehead atoms. The molecule has 1 aromatic heterocycles. The van der Waals surface area contributed by atoms with Crippen molar-refractivity contribution in [3.8, 4) is 0 Å². The fourth-order valence-electron chi connectivity index (χ4n) is 2.96. The van der Waals surface area contributed by atoms with Crippen molar-refractivity contribution in [3.05, 3.63) is 69.7 Å². The van der Waals surface area contributed by atoms with E-state index in [1.165, 1.54) is 9.47 Å². The Bertz CT molecular complexity index is 1080. The van der Waals surface area contributed by atoms with Gasteiger partial charge in [0, 0.05) is 13.6 Å². The highest BCUT2D eigenvalue weighted by Gasteiger charge is 2.16. The molecular weight excluding hydrogens is 360 g/mol. The fraction of sp³-hybridized carbons (Fsp3) is 0.286. The van der Waals surface area contributed by atoms with Crippen molar-refractivity contribution in [3.63, 3.8) is 0 Å². The highest BCUT2D eigenvalue weighted by molar-refractivity contribution is 5.81. The average molecular weight is 382 g/mol. The maximum atomic E-state index is 12.3. The molecule has 0 aliphatic heterocycles. The summed E-state index contributed by atoms with van der Waals surface area (Å²) < 4.78 is 11.3. The Hall–Kier alpha value is -3.35. The minimum absolute atomic E-state index is 0.316. The van der Waals surface area contributed by atoms with E-state index < -0.39 is 11.7 Å². The van der Waals surface area contributed by atoms with Crippen LogP contribution < -0.4 is 5.76 Å². The van der Waals surface area contributed by atoms with Crippen molar-refractivity contribution in [2.45, 2.75) is 26.9 Å². The lowest BCUT2D eigenvalue weighted by Crippen LogP contribution is -2.32. The van der Waals surface area contributed by atoms with Gasteiger partial charge in [-0.05, 0) is 37.1 Å². The van der Waals surface area contributed by atoms with E-state index >= 15 is 0 Å². The summed E-state index contributed by atoms with van der Waals surface area (Å²) in [5, 5.41) is 0. The average Bonchev–Trinajstić information content (AvgIpc) is 2.97. The number of rotatable bonds is 6. The van der Waals surface area contributed by atoms with Crippen molar-refractivity contribution in [1.82, 2.24) is 9.47 Å². The standard InChI is InChI=1S/C21H22N2O5/c1-14-8-9-16(15(2)10-14)11-22(3)19(24)13-27-20(25)12-23-17-6-4-5-7-18(17)28-21(23)26/h4-10H,11-13H2,1-3H3. The van der Waals surface area contributed by atoms with Crippen molar-refractivity contribution in [1.29, 1.82) is 0 Å². The van der Waals surface area contributed by atoms with Crippen LogP contribution >= 0.6 is 0 Å². The van der Waals surface area contributed by atoms with Gasteiger partial charge < -0.3 is 14.1 Å². The van der Waals surface area contributed by atoms with E-state index in [9.17, 15) is 14.4 Å². The van der Waals surface area contributed by atoms with Crippen molar-refractivity contribution >= 4 is 23.0 Å². The number of carbonyl (C=O) groups excluding carboxylic acids is 2. The van der Waals surface area contributed by atoms with Gasteiger partial charge >= 0.3 is 11.7 Å². The smallest absolute Gasteiger partial charge is 0.420 e. The molecule has 0 spiro atoms. The number of aryl methyl sites for hydroxylation is 2. The second-order valence-electron chi connectivity index (χ2n) is 6.76. The van der Waals surface area contributed by atoms with Crippen molar-refractivity contribution in [2.24, 2.45) is 0 Å². The van der Waals surface area contributed by atoms with Crippen LogP contribution in [0, 0.1) is 13.8 Å². The Morgan fingerprint density at radius 3 is 2.64 bits per heavy atom. The van der Waals surface area contributed by atoms with Crippen LogP contribution in [0.4, 0.5) is 0 Å². The predicted molar refractivity (Wildman–Crippen MR) is 104 cm³/mol. The lowest BCUT2D eigenvalue weighted by molar-refractivity contribution is -0.152. The molecule has 146 valence electrons. The Morgan fingerprint density at radius 2 is 1.89 bits per heavy atom. The number of fused-ring (bicyclic) bond motifs is 1. The highest BCUT2D eigenvalue weighted by atomic mass is 16.5. The second-order valence-corrected chi connectivity index (χ2v) is 6.76. The van der Waals surface area contributed by atoms with Gasteiger partial charge in [-0.2, -0.15) is 0 Å². The van der Waals surface area contributed by atoms with Crippen LogP contribution in [0.1, 0.15) is 16.7 Å². The van der Waals surface area contributed by atoms with Gasteiger partial charge in [0.2, 0.25) is 0 Å². The number of hydrogen-bond donors (Lipinski definition) is 0. The Morgan fingerprint density at radius 1 is 1.14 bits per heavy atom. The van der Waals surface area contributed by atoms with Crippen LogP contribution in [-0.4, -0.2) is 35.0 Å². The molecule has 0 saturated heterocycles. The van der Waals surface area contributed by atoms with Gasteiger partial charge in [-0.3, -0.25) is 14.2 Å². The first-order valence-electron chi connectivity index (χ1n) is 8.89. The molecule has 0 saturated carbocycles. The third-order valence-electron chi connectivity index (χ3n) is 4.55. The normalized spacial score (nSPS) is 10.8. The van der Waals surface area contributed by atoms with Crippen molar-refractivity contribution in [2.75, 3.05) is 13.7 Å². The number of likely N-dealkylation sites (N-methyl/N-ethyl adjacent to an activating group) is 1. The zero-order chi connectivity index (χ0) is 20.3. The summed E-state index contributed by atoms with van der Waals surface area (Å²) in [6, 6.07) is 12.8. The lowest BCUT2D eigenvalue weighted by Gasteiger charge is -2.18. The SMILES string of the molecule is Cc1ccc(CN(C)C(=O)COC(=O)Cn2c(=O)oc3ccccc32)c(C)c1. The molecule has 3 aromatic rings. The van der Waals surface area contributed by atoms with Gasteiger partial charge in [0.1, 0.15) is 6.54 Å². The zero-order valence-electron chi connectivity index (χ0n) is 16.1. The van der Waals surface area contributed by atoms with E-state index in [1.807, 2.05) is 26.0 Å². The molecule has 2 aromatic carbocycles. The minimum atomic E-state index is -0.679. The summed E-state index contributed by atoms with van der Waals surface area (Å²) in [5.74, 6) is -1.64. The van der Waals surface area contributed by atoms with Gasteiger partial charge in [-0.1, -0.05) is 35.9 Å². The number of para-hydroxylation sites is 2. The summed E-state index contributed by atoms with van der Waals surface area (Å²) in [6.45, 7) is 3.73. The van der Waals surface area contributed by atoms with Gasteiger partial charge in [-0.25, -0.2) is 4.79 Å². The number of oxazole rings is 1. The van der Waals surface area contributed by atoms with E-state index in [-0.39, 0.29) is 19.1 Å². The second kappa shape index (κ2) is 8.12. The van der Waals surface area contributed by atoms with Crippen LogP contribution in [0.25, 0.3) is 11.1 Å². The molecule has 0 unspecified atom stereocenters. The molecule has 0 aliphatic rings. The van der Waals surface area contributed by atoms with Crippen LogP contribution in [0.3, 0.4) is 0 Å². The fourth-order valence-corrected chi connectivity index (χ4v) is 2.96. The van der Waals surface area contributed by atoms with Crippen molar-refractivity contribution < 1.29 is 18.7 Å². The number of benzene rings is 2. The number of nitrogens with zero attached hydrogens (tertiary/aromatic N) is 2. The molecule has 0 aliphatic carbocycles. The third kappa shape index (κ3) is 4.31. The van der Waals surface area contributed by atoms with E-state index in [2.05, 4.69) is 6.07 Å².